The van der Waals surface area contributed by atoms with Gasteiger partial charge in [-0.15, -0.1) is 17.9 Å². The van der Waals surface area contributed by atoms with E-state index in [4.69, 9.17) is 21.1 Å². The molecule has 0 unspecified atom stereocenters. The summed E-state index contributed by atoms with van der Waals surface area (Å²) in [6, 6.07) is 7.12. The minimum absolute atomic E-state index is 0.122. The molecule has 0 bridgehead atoms. The molecule has 0 saturated carbocycles. The molecule has 0 atom stereocenters. The number of hydrogen-bond acceptors (Lipinski definition) is 6. The van der Waals surface area contributed by atoms with Crippen LogP contribution in [0, 0.1) is 0 Å². The third kappa shape index (κ3) is 4.75. The molecule has 0 spiro atoms. The van der Waals surface area contributed by atoms with E-state index in [1.807, 2.05) is 12.1 Å². The predicted octanol–water partition coefficient (Wildman–Crippen LogP) is 3.63. The van der Waals surface area contributed by atoms with Gasteiger partial charge in [0.15, 0.2) is 10.8 Å². The second-order valence-electron chi connectivity index (χ2n) is 4.12. The fourth-order valence-electron chi connectivity index (χ4n) is 1.53. The Balaban J connectivity index is 1.74. The van der Waals surface area contributed by atoms with Gasteiger partial charge in [-0.25, -0.2) is 9.78 Å². The van der Waals surface area contributed by atoms with E-state index in [9.17, 15) is 4.79 Å². The largest absolute Gasteiger partial charge is 0.488 e. The molecule has 116 valence electrons. The maximum atomic E-state index is 11.8. The monoisotopic (exact) mass is 338 g/mol. The van der Waals surface area contributed by atoms with Gasteiger partial charge in [-0.2, -0.15) is 0 Å². The van der Waals surface area contributed by atoms with Crippen LogP contribution < -0.4 is 10.1 Å². The number of nitrogens with one attached hydrogen (secondary N) is 1. The number of benzene rings is 1. The summed E-state index contributed by atoms with van der Waals surface area (Å²) in [6.45, 7) is 4.53. The average molecular weight is 339 g/mol. The van der Waals surface area contributed by atoms with Crippen molar-refractivity contribution in [2.75, 3.05) is 25.1 Å². The van der Waals surface area contributed by atoms with E-state index < -0.39 is 5.97 Å². The van der Waals surface area contributed by atoms with Gasteiger partial charge < -0.3 is 14.8 Å². The summed E-state index contributed by atoms with van der Waals surface area (Å²) in [5, 5.41) is 5.82. The first-order valence-corrected chi connectivity index (χ1v) is 7.81. The highest BCUT2D eigenvalue weighted by molar-refractivity contribution is 7.13. The van der Waals surface area contributed by atoms with Crippen molar-refractivity contribution < 1.29 is 14.3 Å². The number of hydrogen-bond donors (Lipinski definition) is 1. The third-order valence-corrected chi connectivity index (χ3v) is 3.63. The standard InChI is InChI=1S/C15H15ClN2O3S/c1-2-7-17-15-18-12(10-22-15)14(19)21-9-8-20-13-6-4-3-5-11(13)16/h2-6,10H,1,7-9H2,(H,17,18). The Morgan fingerprint density at radius 3 is 3.00 bits per heavy atom. The van der Waals surface area contributed by atoms with E-state index in [2.05, 4.69) is 16.9 Å². The van der Waals surface area contributed by atoms with Crippen LogP contribution in [0.5, 0.6) is 5.75 Å². The zero-order valence-corrected chi connectivity index (χ0v) is 13.3. The first-order valence-electron chi connectivity index (χ1n) is 6.55. The van der Waals surface area contributed by atoms with Crippen molar-refractivity contribution in [1.29, 1.82) is 0 Å². The van der Waals surface area contributed by atoms with Crippen LogP contribution >= 0.6 is 22.9 Å². The topological polar surface area (TPSA) is 60.5 Å². The van der Waals surface area contributed by atoms with E-state index >= 15 is 0 Å². The Kier molecular flexibility index (Phi) is 6.24. The molecule has 7 heteroatoms. The molecule has 0 amide bonds. The van der Waals surface area contributed by atoms with E-state index in [0.29, 0.717) is 22.4 Å². The van der Waals surface area contributed by atoms with Crippen LogP contribution in [-0.4, -0.2) is 30.7 Å². The van der Waals surface area contributed by atoms with Crippen LogP contribution in [0.3, 0.4) is 0 Å². The van der Waals surface area contributed by atoms with E-state index in [1.165, 1.54) is 11.3 Å². The smallest absolute Gasteiger partial charge is 0.358 e. The van der Waals surface area contributed by atoms with Gasteiger partial charge in [0.25, 0.3) is 0 Å². The molecule has 0 fully saturated rings. The van der Waals surface area contributed by atoms with Crippen LogP contribution in [0.25, 0.3) is 0 Å². The van der Waals surface area contributed by atoms with Crippen molar-refractivity contribution in [2.45, 2.75) is 0 Å². The molecule has 0 saturated heterocycles. The maximum absolute atomic E-state index is 11.8. The summed E-state index contributed by atoms with van der Waals surface area (Å²) in [5.74, 6) is 0.0791. The van der Waals surface area contributed by atoms with Gasteiger partial charge in [-0.1, -0.05) is 29.8 Å². The van der Waals surface area contributed by atoms with Gasteiger partial charge >= 0.3 is 5.97 Å². The highest BCUT2D eigenvalue weighted by atomic mass is 35.5. The molecule has 0 aliphatic rings. The van der Waals surface area contributed by atoms with Crippen LogP contribution in [0.15, 0.2) is 42.3 Å². The Bertz CT molecular complexity index is 645. The van der Waals surface area contributed by atoms with Gasteiger partial charge in [-0.05, 0) is 12.1 Å². The molecule has 22 heavy (non-hydrogen) atoms. The molecular weight excluding hydrogens is 324 g/mol. The number of nitrogens with zero attached hydrogens (tertiary/aromatic N) is 1. The third-order valence-electron chi connectivity index (χ3n) is 2.52. The van der Waals surface area contributed by atoms with Crippen LogP contribution in [-0.2, 0) is 4.74 Å². The Morgan fingerprint density at radius 1 is 1.41 bits per heavy atom. The fourth-order valence-corrected chi connectivity index (χ4v) is 2.41. The second kappa shape index (κ2) is 8.41. The van der Waals surface area contributed by atoms with E-state index in [0.717, 1.165) is 0 Å². The maximum Gasteiger partial charge on any atom is 0.358 e. The number of thiazole rings is 1. The molecule has 1 N–H and O–H groups in total. The molecule has 0 aliphatic heterocycles. The summed E-state index contributed by atoms with van der Waals surface area (Å²) in [4.78, 5) is 15.9. The first-order chi connectivity index (χ1) is 10.7. The normalized spacial score (nSPS) is 10.0. The van der Waals surface area contributed by atoms with Gasteiger partial charge in [-0.3, -0.25) is 0 Å². The van der Waals surface area contributed by atoms with Crippen LogP contribution in [0.1, 0.15) is 10.5 Å². The van der Waals surface area contributed by atoms with Crippen molar-refractivity contribution in [3.63, 3.8) is 0 Å². The van der Waals surface area contributed by atoms with Gasteiger partial charge in [0.05, 0.1) is 5.02 Å². The number of ether oxygens (including phenoxy) is 2. The summed E-state index contributed by atoms with van der Waals surface area (Å²) in [6.07, 6.45) is 1.71. The van der Waals surface area contributed by atoms with Gasteiger partial charge in [0, 0.05) is 11.9 Å². The van der Waals surface area contributed by atoms with Crippen molar-refractivity contribution >= 4 is 34.0 Å². The molecule has 2 rings (SSSR count). The second-order valence-corrected chi connectivity index (χ2v) is 5.39. The van der Waals surface area contributed by atoms with Gasteiger partial charge in [0.1, 0.15) is 19.0 Å². The lowest BCUT2D eigenvalue weighted by molar-refractivity contribution is 0.0445. The summed E-state index contributed by atoms with van der Waals surface area (Å²) in [5.41, 5.74) is 0.273. The minimum Gasteiger partial charge on any atom is -0.488 e. The lowest BCUT2D eigenvalue weighted by atomic mass is 10.3. The average Bonchev–Trinajstić information content (AvgIpc) is 3.00. The summed E-state index contributed by atoms with van der Waals surface area (Å²) < 4.78 is 10.5. The van der Waals surface area contributed by atoms with Crippen molar-refractivity contribution in [3.8, 4) is 5.75 Å². The molecule has 1 heterocycles. The first kappa shape index (κ1) is 16.3. The predicted molar refractivity (Wildman–Crippen MR) is 88.0 cm³/mol. The Labute approximate surface area is 137 Å². The SMILES string of the molecule is C=CCNc1nc(C(=O)OCCOc2ccccc2Cl)cs1. The number of halogens is 1. The zero-order chi connectivity index (χ0) is 15.8. The number of para-hydroxylation sites is 1. The molecular formula is C15H15ClN2O3S. The number of carbonyl (C=O) groups excluding carboxylic acids is 1. The summed E-state index contributed by atoms with van der Waals surface area (Å²) in [7, 11) is 0. The highest BCUT2D eigenvalue weighted by Gasteiger charge is 2.12. The lowest BCUT2D eigenvalue weighted by Crippen LogP contribution is -2.13. The number of anilines is 1. The van der Waals surface area contributed by atoms with Crippen LogP contribution in [0.2, 0.25) is 5.02 Å². The minimum atomic E-state index is -0.481. The Morgan fingerprint density at radius 2 is 2.23 bits per heavy atom. The molecule has 0 aliphatic carbocycles. The molecule has 0 radical (unpaired) electrons. The number of aromatic nitrogens is 1. The molecule has 2 aromatic rings. The Hall–Kier alpha value is -2.05. The van der Waals surface area contributed by atoms with Crippen LogP contribution in [0.4, 0.5) is 5.13 Å². The quantitative estimate of drug-likeness (QED) is 0.452. The molecule has 5 nitrogen and oxygen atoms in total. The lowest BCUT2D eigenvalue weighted by Gasteiger charge is -2.07. The zero-order valence-electron chi connectivity index (χ0n) is 11.8. The van der Waals surface area contributed by atoms with Crippen molar-refractivity contribution in [1.82, 2.24) is 4.98 Å². The summed E-state index contributed by atoms with van der Waals surface area (Å²) >= 11 is 7.29. The molecule has 1 aromatic heterocycles. The van der Waals surface area contributed by atoms with Gasteiger partial charge in [0.2, 0.25) is 0 Å². The number of carbonyl (C=O) groups is 1. The molecule has 1 aromatic carbocycles. The fraction of sp³-hybridized carbons (Fsp3) is 0.200. The van der Waals surface area contributed by atoms with Crippen molar-refractivity contribution in [3.05, 3.63) is 53.0 Å². The van der Waals surface area contributed by atoms with E-state index in [-0.39, 0.29) is 18.9 Å². The number of rotatable bonds is 8. The highest BCUT2D eigenvalue weighted by Crippen LogP contribution is 2.22. The number of esters is 1. The van der Waals surface area contributed by atoms with E-state index in [1.54, 1.807) is 23.6 Å². The van der Waals surface area contributed by atoms with Crippen molar-refractivity contribution in [2.24, 2.45) is 0 Å².